The highest BCUT2D eigenvalue weighted by molar-refractivity contribution is 8.02. The molecule has 2 aromatic carbocycles. The highest BCUT2D eigenvalue weighted by atomic mass is 35.5. The molecule has 0 radical (unpaired) electrons. The third-order valence-electron chi connectivity index (χ3n) is 6.27. The number of hydrogen-bond acceptors (Lipinski definition) is 4. The number of hydrogen-bond donors (Lipinski definition) is 0. The Morgan fingerprint density at radius 2 is 1.83 bits per heavy atom. The Bertz CT molecular complexity index is 1020. The van der Waals surface area contributed by atoms with Crippen LogP contribution in [-0.4, -0.2) is 42.2 Å². The molecule has 3 aliphatic heterocycles. The average molecular weight is 442 g/mol. The highest BCUT2D eigenvalue weighted by Gasteiger charge is 2.61. The van der Waals surface area contributed by atoms with Gasteiger partial charge in [0.15, 0.2) is 0 Å². The fourth-order valence-corrected chi connectivity index (χ4v) is 6.25. The lowest BCUT2D eigenvalue weighted by Crippen LogP contribution is -2.52. The SMILES string of the molecule is Cc1ccc(N2C(=O)CSC23C(=O)N(CN2CCCCC2)c2ccccc23)cc1Cl. The van der Waals surface area contributed by atoms with Crippen LogP contribution in [0.5, 0.6) is 0 Å². The number of nitrogens with zero attached hydrogens (tertiary/aromatic N) is 3. The van der Waals surface area contributed by atoms with Crippen LogP contribution in [0.1, 0.15) is 30.4 Å². The molecule has 3 aliphatic rings. The van der Waals surface area contributed by atoms with Crippen LogP contribution in [0.2, 0.25) is 5.02 Å². The number of rotatable bonds is 3. The lowest BCUT2D eigenvalue weighted by Gasteiger charge is -2.35. The van der Waals surface area contributed by atoms with E-state index in [9.17, 15) is 9.59 Å². The summed E-state index contributed by atoms with van der Waals surface area (Å²) in [5.74, 6) is 0.160. The van der Waals surface area contributed by atoms with Crippen LogP contribution >= 0.6 is 23.4 Å². The Morgan fingerprint density at radius 1 is 1.07 bits per heavy atom. The number of fused-ring (bicyclic) bond motifs is 2. The molecule has 5 rings (SSSR count). The van der Waals surface area contributed by atoms with Gasteiger partial charge in [-0.1, -0.05) is 42.3 Å². The predicted octanol–water partition coefficient (Wildman–Crippen LogP) is 4.37. The molecule has 0 aromatic heterocycles. The van der Waals surface area contributed by atoms with E-state index >= 15 is 0 Å². The van der Waals surface area contributed by atoms with Crippen molar-refractivity contribution in [2.24, 2.45) is 0 Å². The minimum atomic E-state index is -1.07. The number of amides is 2. The average Bonchev–Trinajstić information content (AvgIpc) is 3.22. The Balaban J connectivity index is 1.60. The zero-order valence-electron chi connectivity index (χ0n) is 16.9. The third kappa shape index (κ3) is 2.96. The summed E-state index contributed by atoms with van der Waals surface area (Å²) in [4.78, 5) is 31.9. The van der Waals surface area contributed by atoms with Gasteiger partial charge in [-0.05, 0) is 56.6 Å². The van der Waals surface area contributed by atoms with Gasteiger partial charge in [-0.25, -0.2) is 0 Å². The van der Waals surface area contributed by atoms with Gasteiger partial charge in [0.25, 0.3) is 5.91 Å². The Kier molecular flexibility index (Phi) is 5.04. The van der Waals surface area contributed by atoms with Crippen LogP contribution in [0.4, 0.5) is 11.4 Å². The maximum absolute atomic E-state index is 14.0. The van der Waals surface area contributed by atoms with E-state index in [-0.39, 0.29) is 17.6 Å². The lowest BCUT2D eigenvalue weighted by molar-refractivity contribution is -0.124. The maximum Gasteiger partial charge on any atom is 0.269 e. The number of piperidine rings is 1. The van der Waals surface area contributed by atoms with Gasteiger partial charge < -0.3 is 0 Å². The van der Waals surface area contributed by atoms with Gasteiger partial charge in [0, 0.05) is 16.3 Å². The second kappa shape index (κ2) is 7.59. The minimum Gasteiger partial charge on any atom is -0.295 e. The smallest absolute Gasteiger partial charge is 0.269 e. The van der Waals surface area contributed by atoms with Crippen molar-refractivity contribution in [3.8, 4) is 0 Å². The molecule has 1 spiro atoms. The molecule has 5 nitrogen and oxygen atoms in total. The monoisotopic (exact) mass is 441 g/mol. The predicted molar refractivity (Wildman–Crippen MR) is 122 cm³/mol. The van der Waals surface area contributed by atoms with Crippen molar-refractivity contribution in [1.82, 2.24) is 4.90 Å². The first-order chi connectivity index (χ1) is 14.5. The lowest BCUT2D eigenvalue weighted by atomic mass is 10.0. The molecule has 2 amide bonds. The summed E-state index contributed by atoms with van der Waals surface area (Å²) in [6.07, 6.45) is 3.57. The van der Waals surface area contributed by atoms with Gasteiger partial charge in [-0.3, -0.25) is 24.3 Å². The van der Waals surface area contributed by atoms with E-state index in [0.717, 1.165) is 42.7 Å². The van der Waals surface area contributed by atoms with Crippen molar-refractivity contribution in [2.75, 3.05) is 35.3 Å². The molecule has 0 saturated carbocycles. The summed E-state index contributed by atoms with van der Waals surface area (Å²) in [5, 5.41) is 0.594. The molecular weight excluding hydrogens is 418 g/mol. The van der Waals surface area contributed by atoms with Crippen LogP contribution in [-0.2, 0) is 14.5 Å². The van der Waals surface area contributed by atoms with Gasteiger partial charge in [0.05, 0.1) is 18.1 Å². The highest BCUT2D eigenvalue weighted by Crippen LogP contribution is 2.55. The summed E-state index contributed by atoms with van der Waals surface area (Å²) in [7, 11) is 0. The second-order valence-electron chi connectivity index (χ2n) is 8.17. The fraction of sp³-hybridized carbons (Fsp3) is 0.391. The van der Waals surface area contributed by atoms with E-state index in [4.69, 9.17) is 11.6 Å². The van der Waals surface area contributed by atoms with Crippen molar-refractivity contribution in [1.29, 1.82) is 0 Å². The van der Waals surface area contributed by atoms with Crippen molar-refractivity contribution in [3.05, 3.63) is 58.6 Å². The van der Waals surface area contributed by atoms with Crippen LogP contribution < -0.4 is 9.80 Å². The Morgan fingerprint density at radius 3 is 2.60 bits per heavy atom. The van der Waals surface area contributed by atoms with Crippen molar-refractivity contribution in [3.63, 3.8) is 0 Å². The van der Waals surface area contributed by atoms with E-state index in [1.54, 1.807) is 11.0 Å². The first-order valence-electron chi connectivity index (χ1n) is 10.4. The summed E-state index contributed by atoms with van der Waals surface area (Å²) in [5.41, 5.74) is 3.40. The van der Waals surface area contributed by atoms with E-state index in [2.05, 4.69) is 4.90 Å². The minimum absolute atomic E-state index is 0.0400. The number of anilines is 2. The Labute approximate surface area is 186 Å². The molecule has 2 fully saturated rings. The number of aryl methyl sites for hydroxylation is 1. The second-order valence-corrected chi connectivity index (χ2v) is 9.74. The van der Waals surface area contributed by atoms with Crippen LogP contribution in [0.25, 0.3) is 0 Å². The summed E-state index contributed by atoms with van der Waals surface area (Å²) in [6, 6.07) is 13.5. The van der Waals surface area contributed by atoms with Gasteiger partial charge >= 0.3 is 0 Å². The van der Waals surface area contributed by atoms with Crippen LogP contribution in [0, 0.1) is 6.92 Å². The molecule has 3 heterocycles. The number of benzene rings is 2. The first kappa shape index (κ1) is 19.9. The number of carbonyl (C=O) groups excluding carboxylic acids is 2. The van der Waals surface area contributed by atoms with Crippen molar-refractivity contribution < 1.29 is 9.59 Å². The molecule has 0 aliphatic carbocycles. The number of likely N-dealkylation sites (tertiary alicyclic amines) is 1. The van der Waals surface area contributed by atoms with E-state index in [1.165, 1.54) is 18.2 Å². The molecule has 7 heteroatoms. The molecule has 1 unspecified atom stereocenters. The molecule has 2 saturated heterocycles. The zero-order chi connectivity index (χ0) is 20.9. The largest absolute Gasteiger partial charge is 0.295 e. The zero-order valence-corrected chi connectivity index (χ0v) is 18.5. The molecule has 156 valence electrons. The maximum atomic E-state index is 14.0. The molecule has 0 N–H and O–H groups in total. The Hall–Kier alpha value is -2.02. The number of halogens is 1. The third-order valence-corrected chi connectivity index (χ3v) is 8.06. The van der Waals surface area contributed by atoms with Gasteiger partial charge in [0.1, 0.15) is 0 Å². The van der Waals surface area contributed by atoms with Gasteiger partial charge in [0.2, 0.25) is 10.8 Å². The van der Waals surface area contributed by atoms with Crippen molar-refractivity contribution >= 4 is 46.6 Å². The molecular formula is C23H24ClN3O2S. The molecule has 1 atom stereocenters. The topological polar surface area (TPSA) is 43.9 Å². The molecule has 2 aromatic rings. The summed E-state index contributed by atoms with van der Waals surface area (Å²) >= 11 is 7.80. The number of carbonyl (C=O) groups is 2. The van der Waals surface area contributed by atoms with Crippen LogP contribution in [0.3, 0.4) is 0 Å². The van der Waals surface area contributed by atoms with Crippen molar-refractivity contribution in [2.45, 2.75) is 31.1 Å². The van der Waals surface area contributed by atoms with E-state index in [0.29, 0.717) is 17.4 Å². The van der Waals surface area contributed by atoms with Gasteiger partial charge in [-0.2, -0.15) is 0 Å². The first-order valence-corrected chi connectivity index (χ1v) is 11.8. The fourth-order valence-electron chi connectivity index (χ4n) is 4.72. The molecule has 0 bridgehead atoms. The standard InChI is InChI=1S/C23H24ClN3O2S/c1-16-9-10-17(13-19(16)24)27-21(28)14-30-23(27)18-7-3-4-8-20(18)26(22(23)29)15-25-11-5-2-6-12-25/h3-4,7-10,13H,2,5-6,11-12,14-15H2,1H3. The number of thioether (sulfide) groups is 1. The summed E-state index contributed by atoms with van der Waals surface area (Å²) in [6.45, 7) is 4.50. The summed E-state index contributed by atoms with van der Waals surface area (Å²) < 4.78 is 0. The molecule has 30 heavy (non-hydrogen) atoms. The van der Waals surface area contributed by atoms with Gasteiger partial charge in [-0.15, -0.1) is 11.8 Å². The number of para-hydroxylation sites is 1. The van der Waals surface area contributed by atoms with E-state index < -0.39 is 4.87 Å². The van der Waals surface area contributed by atoms with E-state index in [1.807, 2.05) is 48.2 Å². The normalized spacial score (nSPS) is 24.2. The van der Waals surface area contributed by atoms with Crippen LogP contribution in [0.15, 0.2) is 42.5 Å². The quantitative estimate of drug-likeness (QED) is 0.709.